The lowest BCUT2D eigenvalue weighted by atomic mass is 10.4. The third kappa shape index (κ3) is 30.3. The predicted molar refractivity (Wildman–Crippen MR) is 71.8 cm³/mol. The van der Waals surface area contributed by atoms with E-state index in [1.807, 2.05) is 50.2 Å². The quantitative estimate of drug-likeness (QED) is 0.535. The molecular weight excluding hydrogens is 168 g/mol. The van der Waals surface area contributed by atoms with E-state index >= 15 is 0 Å². The van der Waals surface area contributed by atoms with Crippen LogP contribution in [0.1, 0.15) is 55.4 Å². The van der Waals surface area contributed by atoms with Gasteiger partial charge in [0.15, 0.2) is 0 Å². The van der Waals surface area contributed by atoms with Crippen LogP contribution in [0, 0.1) is 0 Å². The van der Waals surface area contributed by atoms with E-state index in [2.05, 4.69) is 13.8 Å². The Balaban J connectivity index is -0.0000000567. The van der Waals surface area contributed by atoms with Crippen molar-refractivity contribution >= 4 is 0 Å². The molecule has 0 saturated heterocycles. The molecule has 0 aliphatic heterocycles. The molecule has 1 aromatic carbocycles. The first-order chi connectivity index (χ1) is 5.91. The van der Waals surface area contributed by atoms with Gasteiger partial charge in [0.2, 0.25) is 0 Å². The average Bonchev–Trinajstić information content (AvgIpc) is 2.24. The zero-order valence-corrected chi connectivity index (χ0v) is 8.88. The zero-order valence-electron chi connectivity index (χ0n) is 8.88. The highest BCUT2D eigenvalue weighted by atomic mass is 13.6. The van der Waals surface area contributed by atoms with Gasteiger partial charge in [-0.05, 0) is 0 Å². The lowest BCUT2D eigenvalue weighted by molar-refractivity contribution is 0.886. The summed E-state index contributed by atoms with van der Waals surface area (Å²) in [6.07, 6.45) is 2.64. The largest absolute Gasteiger partial charge is 0.0776 e. The van der Waals surface area contributed by atoms with Crippen LogP contribution in [0.4, 0.5) is 0 Å². The summed E-state index contributed by atoms with van der Waals surface area (Å²) in [4.78, 5) is 0. The van der Waals surface area contributed by atoms with Gasteiger partial charge in [-0.1, -0.05) is 91.8 Å². The van der Waals surface area contributed by atoms with Crippen LogP contribution in [0.5, 0.6) is 0 Å². The molecule has 0 spiro atoms. The topological polar surface area (TPSA) is 0 Å². The molecule has 0 radical (unpaired) electrons. The first-order valence-electron chi connectivity index (χ1n) is 4.91. The van der Waals surface area contributed by atoms with Crippen molar-refractivity contribution in [3.8, 4) is 0 Å². The number of hydrogen-bond acceptors (Lipinski definition) is 0. The summed E-state index contributed by atoms with van der Waals surface area (Å²) in [7, 11) is 0. The van der Waals surface area contributed by atoms with Crippen molar-refractivity contribution in [1.29, 1.82) is 0 Å². The molecule has 0 aliphatic carbocycles. The van der Waals surface area contributed by atoms with Crippen molar-refractivity contribution in [2.24, 2.45) is 0 Å². The van der Waals surface area contributed by atoms with E-state index in [1.54, 1.807) is 0 Å². The van der Waals surface area contributed by atoms with Gasteiger partial charge in [0.1, 0.15) is 0 Å². The summed E-state index contributed by atoms with van der Waals surface area (Å²) in [5.41, 5.74) is 0. The smallest absolute Gasteiger partial charge is 0.0564 e. The van der Waals surface area contributed by atoms with Crippen LogP contribution in [-0.4, -0.2) is 0 Å². The van der Waals surface area contributed by atoms with Crippen molar-refractivity contribution in [3.63, 3.8) is 0 Å². The molecular formula is C14H30. The van der Waals surface area contributed by atoms with E-state index in [9.17, 15) is 0 Å². The SMILES string of the molecule is C.C.CC.CCCC.c1ccccc1. The summed E-state index contributed by atoms with van der Waals surface area (Å²) in [5, 5.41) is 0. The van der Waals surface area contributed by atoms with E-state index < -0.39 is 0 Å². The minimum atomic E-state index is 0. The molecule has 0 bridgehead atoms. The summed E-state index contributed by atoms with van der Waals surface area (Å²) in [5.74, 6) is 0. The standard InChI is InChI=1S/C6H6.C4H10.C2H6.2CH4/c1-2-4-6-5-3-1;1-3-4-2;1-2;;/h1-6H;3-4H2,1-2H3;1-2H3;2*1H4. The predicted octanol–water partition coefficient (Wildman–Crippen LogP) is 5.79. The molecule has 86 valence electrons. The molecule has 1 aromatic rings. The van der Waals surface area contributed by atoms with E-state index in [-0.39, 0.29) is 14.9 Å². The third-order valence-corrected chi connectivity index (χ3v) is 1.17. The summed E-state index contributed by atoms with van der Waals surface area (Å²) in [6, 6.07) is 12.0. The Morgan fingerprint density at radius 1 is 0.571 bits per heavy atom. The Labute approximate surface area is 92.4 Å². The van der Waals surface area contributed by atoms with Crippen LogP contribution in [0.15, 0.2) is 36.4 Å². The van der Waals surface area contributed by atoms with Crippen LogP contribution >= 0.6 is 0 Å². The highest BCUT2D eigenvalue weighted by molar-refractivity contribution is 4.99. The van der Waals surface area contributed by atoms with Gasteiger partial charge >= 0.3 is 0 Å². The van der Waals surface area contributed by atoms with E-state index in [0.717, 1.165) is 0 Å². The summed E-state index contributed by atoms with van der Waals surface area (Å²) < 4.78 is 0. The Kier molecular flexibility index (Phi) is 49.0. The summed E-state index contributed by atoms with van der Waals surface area (Å²) in [6.45, 7) is 8.36. The first-order valence-corrected chi connectivity index (χ1v) is 4.91. The Morgan fingerprint density at radius 3 is 0.786 bits per heavy atom. The van der Waals surface area contributed by atoms with Crippen molar-refractivity contribution in [2.45, 2.75) is 55.4 Å². The van der Waals surface area contributed by atoms with Crippen LogP contribution in [0.2, 0.25) is 0 Å². The van der Waals surface area contributed by atoms with Crippen LogP contribution in [-0.2, 0) is 0 Å². The molecule has 0 aromatic heterocycles. The number of hydrogen-bond donors (Lipinski definition) is 0. The fourth-order valence-electron chi connectivity index (χ4n) is 0.385. The number of unbranched alkanes of at least 4 members (excludes halogenated alkanes) is 1. The van der Waals surface area contributed by atoms with Crippen molar-refractivity contribution in [3.05, 3.63) is 36.4 Å². The fraction of sp³-hybridized carbons (Fsp3) is 0.571. The maximum atomic E-state index is 2.18. The van der Waals surface area contributed by atoms with Gasteiger partial charge < -0.3 is 0 Å². The lowest BCUT2D eigenvalue weighted by Crippen LogP contribution is -1.47. The molecule has 0 amide bonds. The molecule has 0 heteroatoms. The van der Waals surface area contributed by atoms with Crippen LogP contribution in [0.3, 0.4) is 0 Å². The van der Waals surface area contributed by atoms with Gasteiger partial charge in [0.05, 0.1) is 0 Å². The van der Waals surface area contributed by atoms with Crippen molar-refractivity contribution < 1.29 is 0 Å². The second-order valence-corrected chi connectivity index (χ2v) is 2.15. The van der Waals surface area contributed by atoms with Gasteiger partial charge in [-0.3, -0.25) is 0 Å². The first kappa shape index (κ1) is 23.2. The van der Waals surface area contributed by atoms with E-state index in [1.165, 1.54) is 12.8 Å². The maximum Gasteiger partial charge on any atom is -0.0564 e. The minimum absolute atomic E-state index is 0. The van der Waals surface area contributed by atoms with Gasteiger partial charge in [-0.2, -0.15) is 0 Å². The lowest BCUT2D eigenvalue weighted by Gasteiger charge is -1.69. The highest BCUT2D eigenvalue weighted by Gasteiger charge is 1.58. The van der Waals surface area contributed by atoms with Crippen LogP contribution in [0.25, 0.3) is 0 Å². The second-order valence-electron chi connectivity index (χ2n) is 2.15. The molecule has 1 rings (SSSR count). The molecule has 14 heavy (non-hydrogen) atoms. The summed E-state index contributed by atoms with van der Waals surface area (Å²) >= 11 is 0. The van der Waals surface area contributed by atoms with Crippen molar-refractivity contribution in [2.75, 3.05) is 0 Å². The maximum absolute atomic E-state index is 2.18. The zero-order chi connectivity index (χ0) is 9.66. The monoisotopic (exact) mass is 198 g/mol. The highest BCUT2D eigenvalue weighted by Crippen LogP contribution is 1.79. The number of benzene rings is 1. The average molecular weight is 198 g/mol. The van der Waals surface area contributed by atoms with Gasteiger partial charge in [-0.25, -0.2) is 0 Å². The fourth-order valence-corrected chi connectivity index (χ4v) is 0.385. The molecule has 0 fully saturated rings. The Morgan fingerprint density at radius 2 is 0.714 bits per heavy atom. The molecule has 0 unspecified atom stereocenters. The number of rotatable bonds is 1. The van der Waals surface area contributed by atoms with E-state index in [4.69, 9.17) is 0 Å². The Hall–Kier alpha value is -0.780. The van der Waals surface area contributed by atoms with Crippen molar-refractivity contribution in [1.82, 2.24) is 0 Å². The molecule has 0 heterocycles. The molecule has 0 N–H and O–H groups in total. The van der Waals surface area contributed by atoms with Gasteiger partial charge in [0, 0.05) is 0 Å². The van der Waals surface area contributed by atoms with Gasteiger partial charge in [-0.15, -0.1) is 0 Å². The van der Waals surface area contributed by atoms with Crippen LogP contribution < -0.4 is 0 Å². The molecule has 0 saturated carbocycles. The molecule has 0 nitrogen and oxygen atoms in total. The minimum Gasteiger partial charge on any atom is -0.0776 e. The second kappa shape index (κ2) is 29.5. The van der Waals surface area contributed by atoms with E-state index in [0.29, 0.717) is 0 Å². The Bertz CT molecular complexity index is 92.0. The normalized spacial score (nSPS) is 6.00. The van der Waals surface area contributed by atoms with Gasteiger partial charge in [0.25, 0.3) is 0 Å². The molecule has 0 atom stereocenters. The molecule has 0 aliphatic rings. The third-order valence-electron chi connectivity index (χ3n) is 1.17.